The van der Waals surface area contributed by atoms with Crippen molar-refractivity contribution in [3.63, 3.8) is 0 Å². The molecule has 2 aromatic rings. The van der Waals surface area contributed by atoms with E-state index in [9.17, 15) is 4.79 Å². The zero-order valence-electron chi connectivity index (χ0n) is 11.9. The maximum absolute atomic E-state index is 12.2. The summed E-state index contributed by atoms with van der Waals surface area (Å²) < 4.78 is 1.73. The molecule has 0 radical (unpaired) electrons. The van der Waals surface area contributed by atoms with Crippen LogP contribution in [0, 0.1) is 0 Å². The molecule has 0 unspecified atom stereocenters. The van der Waals surface area contributed by atoms with Crippen LogP contribution in [0.15, 0.2) is 30.3 Å². The van der Waals surface area contributed by atoms with Gasteiger partial charge in [-0.25, -0.2) is 0 Å². The average Bonchev–Trinajstić information content (AvgIpc) is 2.90. The summed E-state index contributed by atoms with van der Waals surface area (Å²) >= 11 is 0. The van der Waals surface area contributed by atoms with Gasteiger partial charge in [-0.3, -0.25) is 9.48 Å². The Morgan fingerprint density at radius 3 is 2.60 bits per heavy atom. The lowest BCUT2D eigenvalue weighted by Crippen LogP contribution is -2.25. The van der Waals surface area contributed by atoms with Gasteiger partial charge in [-0.2, -0.15) is 5.10 Å². The molecular weight excluding hydrogens is 252 g/mol. The smallest absolute Gasteiger partial charge is 0.269 e. The normalized spacial score (nSPS) is 10.5. The van der Waals surface area contributed by atoms with E-state index in [-0.39, 0.29) is 5.91 Å². The molecule has 0 aliphatic rings. The molecule has 0 bridgehead atoms. The number of nitrogen functional groups attached to an aromatic ring is 1. The van der Waals surface area contributed by atoms with Gasteiger partial charge in [-0.1, -0.05) is 19.1 Å². The van der Waals surface area contributed by atoms with Crippen LogP contribution in [-0.2, 0) is 19.5 Å². The zero-order chi connectivity index (χ0) is 14.5. The minimum atomic E-state index is -0.101. The third kappa shape index (κ3) is 3.17. The fourth-order valence-electron chi connectivity index (χ4n) is 1.98. The molecule has 0 aliphatic heterocycles. The number of rotatable bonds is 5. The molecule has 20 heavy (non-hydrogen) atoms. The highest BCUT2D eigenvalue weighted by molar-refractivity contribution is 5.92. The average molecular weight is 272 g/mol. The number of nitrogens with zero attached hydrogens (tertiary/aromatic N) is 2. The molecule has 0 fully saturated rings. The van der Waals surface area contributed by atoms with E-state index in [0.717, 1.165) is 23.4 Å². The molecule has 5 nitrogen and oxygen atoms in total. The number of hydrogen-bond donors (Lipinski definition) is 2. The van der Waals surface area contributed by atoms with Crippen molar-refractivity contribution in [2.45, 2.75) is 33.4 Å². The van der Waals surface area contributed by atoms with E-state index < -0.39 is 0 Å². The largest absolute Gasteiger partial charge is 0.399 e. The molecule has 0 saturated heterocycles. The lowest BCUT2D eigenvalue weighted by molar-refractivity contribution is 0.0940. The second kappa shape index (κ2) is 6.23. The quantitative estimate of drug-likeness (QED) is 0.817. The van der Waals surface area contributed by atoms with Crippen molar-refractivity contribution in [2.24, 2.45) is 0 Å². The second-order valence-corrected chi connectivity index (χ2v) is 4.61. The van der Waals surface area contributed by atoms with E-state index >= 15 is 0 Å². The Balaban J connectivity index is 2.04. The molecule has 0 spiro atoms. The van der Waals surface area contributed by atoms with E-state index in [1.54, 1.807) is 4.68 Å². The molecular formula is C15H20N4O. The first-order valence-corrected chi connectivity index (χ1v) is 6.83. The molecule has 106 valence electrons. The van der Waals surface area contributed by atoms with Gasteiger partial charge in [0.25, 0.3) is 5.91 Å². The number of benzene rings is 1. The van der Waals surface area contributed by atoms with E-state index in [4.69, 9.17) is 5.73 Å². The summed E-state index contributed by atoms with van der Waals surface area (Å²) in [6.07, 6.45) is 0.825. The van der Waals surface area contributed by atoms with Gasteiger partial charge in [-0.05, 0) is 37.1 Å². The SMILES string of the molecule is CCc1cc(C(=O)NCc2ccc(N)cc2)n(CC)n1. The summed E-state index contributed by atoms with van der Waals surface area (Å²) in [7, 11) is 0. The Morgan fingerprint density at radius 1 is 1.30 bits per heavy atom. The molecule has 3 N–H and O–H groups in total. The predicted octanol–water partition coefficient (Wildman–Crippen LogP) is 1.98. The molecule has 1 aromatic carbocycles. The molecule has 2 rings (SSSR count). The van der Waals surface area contributed by atoms with Crippen LogP contribution < -0.4 is 11.1 Å². The number of aromatic nitrogens is 2. The number of aryl methyl sites for hydroxylation is 2. The van der Waals surface area contributed by atoms with Gasteiger partial charge < -0.3 is 11.1 Å². The number of amides is 1. The van der Waals surface area contributed by atoms with Crippen molar-refractivity contribution in [1.29, 1.82) is 0 Å². The topological polar surface area (TPSA) is 72.9 Å². The van der Waals surface area contributed by atoms with Gasteiger partial charge in [0.2, 0.25) is 0 Å². The molecule has 0 aliphatic carbocycles. The summed E-state index contributed by atoms with van der Waals surface area (Å²) in [5, 5.41) is 7.28. The number of hydrogen-bond acceptors (Lipinski definition) is 3. The first-order valence-electron chi connectivity index (χ1n) is 6.83. The Morgan fingerprint density at radius 2 is 2.00 bits per heavy atom. The Kier molecular flexibility index (Phi) is 4.40. The Labute approximate surface area is 118 Å². The van der Waals surface area contributed by atoms with Gasteiger partial charge in [0, 0.05) is 18.8 Å². The molecule has 0 atom stereocenters. The second-order valence-electron chi connectivity index (χ2n) is 4.61. The summed E-state index contributed by atoms with van der Waals surface area (Å²) in [5.74, 6) is -0.101. The molecule has 1 amide bonds. The Bertz CT molecular complexity index is 586. The third-order valence-corrected chi connectivity index (χ3v) is 3.16. The number of carbonyl (C=O) groups excluding carboxylic acids is 1. The van der Waals surface area contributed by atoms with Crippen LogP contribution in [0.5, 0.6) is 0 Å². The first-order chi connectivity index (χ1) is 9.63. The minimum Gasteiger partial charge on any atom is -0.399 e. The van der Waals surface area contributed by atoms with Crippen molar-refractivity contribution in [3.05, 3.63) is 47.3 Å². The van der Waals surface area contributed by atoms with Crippen molar-refractivity contribution >= 4 is 11.6 Å². The lowest BCUT2D eigenvalue weighted by atomic mass is 10.2. The molecule has 1 aromatic heterocycles. The standard InChI is InChI=1S/C15H20N4O/c1-3-13-9-14(19(4-2)18-13)15(20)17-10-11-5-7-12(16)8-6-11/h5-9H,3-4,10,16H2,1-2H3,(H,17,20). The predicted molar refractivity (Wildman–Crippen MR) is 79.3 cm³/mol. The van der Waals surface area contributed by atoms with Crippen molar-refractivity contribution < 1.29 is 4.79 Å². The van der Waals surface area contributed by atoms with Crippen LogP contribution in [0.25, 0.3) is 0 Å². The highest BCUT2D eigenvalue weighted by Crippen LogP contribution is 2.08. The summed E-state index contributed by atoms with van der Waals surface area (Å²) in [4.78, 5) is 12.2. The van der Waals surface area contributed by atoms with Gasteiger partial charge in [0.15, 0.2) is 0 Å². The minimum absolute atomic E-state index is 0.101. The summed E-state index contributed by atoms with van der Waals surface area (Å²) in [6, 6.07) is 9.32. The van der Waals surface area contributed by atoms with Crippen molar-refractivity contribution in [3.8, 4) is 0 Å². The monoisotopic (exact) mass is 272 g/mol. The molecule has 5 heteroatoms. The van der Waals surface area contributed by atoms with E-state index in [1.165, 1.54) is 0 Å². The summed E-state index contributed by atoms with van der Waals surface area (Å²) in [5.41, 5.74) is 8.91. The maximum atomic E-state index is 12.2. The Hall–Kier alpha value is -2.30. The van der Waals surface area contributed by atoms with Crippen molar-refractivity contribution in [1.82, 2.24) is 15.1 Å². The zero-order valence-corrected chi connectivity index (χ0v) is 11.9. The van der Waals surface area contributed by atoms with Crippen LogP contribution in [0.3, 0.4) is 0 Å². The lowest BCUT2D eigenvalue weighted by Gasteiger charge is -2.07. The number of anilines is 1. The molecule has 1 heterocycles. The fourth-order valence-corrected chi connectivity index (χ4v) is 1.98. The van der Waals surface area contributed by atoms with Gasteiger partial charge in [0.1, 0.15) is 5.69 Å². The first kappa shape index (κ1) is 14.1. The van der Waals surface area contributed by atoms with E-state index in [0.29, 0.717) is 18.8 Å². The number of nitrogens with two attached hydrogens (primary N) is 1. The van der Waals surface area contributed by atoms with Gasteiger partial charge in [0.05, 0.1) is 5.69 Å². The van der Waals surface area contributed by atoms with Crippen LogP contribution in [0.1, 0.15) is 35.6 Å². The number of carbonyl (C=O) groups is 1. The summed E-state index contributed by atoms with van der Waals surface area (Å²) in [6.45, 7) is 5.17. The fraction of sp³-hybridized carbons (Fsp3) is 0.333. The highest BCUT2D eigenvalue weighted by Gasteiger charge is 2.13. The van der Waals surface area contributed by atoms with Crippen LogP contribution >= 0.6 is 0 Å². The van der Waals surface area contributed by atoms with E-state index in [2.05, 4.69) is 10.4 Å². The maximum Gasteiger partial charge on any atom is 0.269 e. The highest BCUT2D eigenvalue weighted by atomic mass is 16.2. The van der Waals surface area contributed by atoms with Crippen molar-refractivity contribution in [2.75, 3.05) is 5.73 Å². The van der Waals surface area contributed by atoms with Gasteiger partial charge >= 0.3 is 0 Å². The van der Waals surface area contributed by atoms with Crippen LogP contribution in [0.4, 0.5) is 5.69 Å². The number of nitrogens with one attached hydrogen (secondary N) is 1. The van der Waals surface area contributed by atoms with Crippen LogP contribution in [0.2, 0.25) is 0 Å². The van der Waals surface area contributed by atoms with Gasteiger partial charge in [-0.15, -0.1) is 0 Å². The molecule has 0 saturated carbocycles. The third-order valence-electron chi connectivity index (χ3n) is 3.16. The van der Waals surface area contributed by atoms with E-state index in [1.807, 2.05) is 44.2 Å². The van der Waals surface area contributed by atoms with Crippen LogP contribution in [-0.4, -0.2) is 15.7 Å².